The summed E-state index contributed by atoms with van der Waals surface area (Å²) in [6, 6.07) is 5.77. The number of thioether (sulfide) groups is 1. The average molecular weight is 363 g/mol. The highest BCUT2D eigenvalue weighted by atomic mass is 35.5. The molecular formula is C18H19ClN2O2S. The van der Waals surface area contributed by atoms with Gasteiger partial charge in [-0.2, -0.15) is 0 Å². The summed E-state index contributed by atoms with van der Waals surface area (Å²) in [5.41, 5.74) is 2.65. The number of oxazole rings is 1. The first-order valence-corrected chi connectivity index (χ1v) is 9.77. The fourth-order valence-electron chi connectivity index (χ4n) is 3.10. The largest absolute Gasteiger partial charge is 0.431 e. The van der Waals surface area contributed by atoms with Gasteiger partial charge in [0.1, 0.15) is 5.52 Å². The molecule has 0 radical (unpaired) electrons. The minimum atomic E-state index is 0.163. The molecule has 0 atom stereocenters. The predicted molar refractivity (Wildman–Crippen MR) is 96.2 cm³/mol. The van der Waals surface area contributed by atoms with E-state index in [9.17, 15) is 4.79 Å². The summed E-state index contributed by atoms with van der Waals surface area (Å²) in [7, 11) is 0. The number of halogens is 1. The number of nitrogens with zero attached hydrogens (tertiary/aromatic N) is 2. The van der Waals surface area contributed by atoms with E-state index in [1.165, 1.54) is 30.3 Å². The molecule has 1 amide bonds. The average Bonchev–Trinajstić information content (AvgIpc) is 3.33. The zero-order chi connectivity index (χ0) is 16.5. The van der Waals surface area contributed by atoms with Gasteiger partial charge in [-0.25, -0.2) is 4.98 Å². The van der Waals surface area contributed by atoms with E-state index in [2.05, 4.69) is 11.1 Å². The molecule has 0 unspecified atom stereocenters. The number of carbonyl (C=O) groups excluding carboxylic acids is 1. The Morgan fingerprint density at radius 3 is 3.00 bits per heavy atom. The van der Waals surface area contributed by atoms with Crippen molar-refractivity contribution in [3.8, 4) is 0 Å². The highest BCUT2D eigenvalue weighted by Gasteiger charge is 2.35. The predicted octanol–water partition coefficient (Wildman–Crippen LogP) is 5.02. The van der Waals surface area contributed by atoms with Crippen LogP contribution in [-0.2, 0) is 4.79 Å². The first-order valence-electron chi connectivity index (χ1n) is 8.41. The van der Waals surface area contributed by atoms with Crippen molar-refractivity contribution < 1.29 is 9.21 Å². The molecule has 1 saturated carbocycles. The van der Waals surface area contributed by atoms with Crippen LogP contribution in [0.25, 0.3) is 11.1 Å². The number of rotatable bonds is 5. The van der Waals surface area contributed by atoms with E-state index in [4.69, 9.17) is 16.0 Å². The molecule has 24 heavy (non-hydrogen) atoms. The fraction of sp³-hybridized carbons (Fsp3) is 0.444. The van der Waals surface area contributed by atoms with Gasteiger partial charge in [-0.1, -0.05) is 29.4 Å². The fourth-order valence-corrected chi connectivity index (χ4v) is 3.96. The molecule has 1 heterocycles. The highest BCUT2D eigenvalue weighted by Crippen LogP contribution is 2.35. The Hall–Kier alpha value is -1.46. The van der Waals surface area contributed by atoms with Crippen molar-refractivity contribution >= 4 is 40.4 Å². The maximum atomic E-state index is 12.7. The van der Waals surface area contributed by atoms with Crippen LogP contribution in [0, 0.1) is 0 Å². The molecule has 2 aromatic rings. The SMILES string of the molecule is O=C(CSc1nc2ccc(Cl)cc2o1)N(C1=CCCCC1)C1CC1. The smallest absolute Gasteiger partial charge is 0.257 e. The Kier molecular flexibility index (Phi) is 4.55. The van der Waals surface area contributed by atoms with Crippen molar-refractivity contribution in [1.29, 1.82) is 0 Å². The molecule has 126 valence electrons. The second kappa shape index (κ2) is 6.81. The van der Waals surface area contributed by atoms with Crippen LogP contribution in [0.4, 0.5) is 0 Å². The summed E-state index contributed by atoms with van der Waals surface area (Å²) in [4.78, 5) is 19.2. The molecule has 1 fully saturated rings. The quantitative estimate of drug-likeness (QED) is 0.700. The van der Waals surface area contributed by atoms with Crippen LogP contribution in [0.1, 0.15) is 38.5 Å². The molecule has 0 N–H and O–H groups in total. The molecule has 2 aliphatic carbocycles. The van der Waals surface area contributed by atoms with Crippen molar-refractivity contribution in [3.63, 3.8) is 0 Å². The number of allylic oxidation sites excluding steroid dienone is 2. The van der Waals surface area contributed by atoms with Crippen LogP contribution in [0.15, 0.2) is 39.6 Å². The second-order valence-corrected chi connectivity index (χ2v) is 7.68. The summed E-state index contributed by atoms with van der Waals surface area (Å²) in [5.74, 6) is 0.518. The Morgan fingerprint density at radius 1 is 1.38 bits per heavy atom. The summed E-state index contributed by atoms with van der Waals surface area (Å²) in [6.07, 6.45) is 9.01. The number of hydrogen-bond donors (Lipinski definition) is 0. The first kappa shape index (κ1) is 16.0. The number of hydrogen-bond acceptors (Lipinski definition) is 4. The van der Waals surface area contributed by atoms with Gasteiger partial charge in [0.15, 0.2) is 5.58 Å². The van der Waals surface area contributed by atoms with Crippen LogP contribution in [-0.4, -0.2) is 27.6 Å². The second-order valence-electron chi connectivity index (χ2n) is 6.32. The molecule has 0 aliphatic heterocycles. The maximum absolute atomic E-state index is 12.7. The zero-order valence-electron chi connectivity index (χ0n) is 13.3. The van der Waals surface area contributed by atoms with Crippen molar-refractivity contribution in [3.05, 3.63) is 35.0 Å². The van der Waals surface area contributed by atoms with Crippen LogP contribution in [0.3, 0.4) is 0 Å². The summed E-state index contributed by atoms with van der Waals surface area (Å²) in [5, 5.41) is 1.14. The van der Waals surface area contributed by atoms with Crippen molar-refractivity contribution in [2.75, 3.05) is 5.75 Å². The normalized spacial score (nSPS) is 17.8. The highest BCUT2D eigenvalue weighted by molar-refractivity contribution is 7.99. The number of aromatic nitrogens is 1. The molecule has 4 rings (SSSR count). The van der Waals surface area contributed by atoms with Gasteiger partial charge in [-0.15, -0.1) is 0 Å². The molecule has 0 bridgehead atoms. The lowest BCUT2D eigenvalue weighted by atomic mass is 10.0. The Morgan fingerprint density at radius 2 is 2.25 bits per heavy atom. The van der Waals surface area contributed by atoms with Gasteiger partial charge in [0.05, 0.1) is 5.75 Å². The minimum absolute atomic E-state index is 0.163. The Bertz CT molecular complexity index is 797. The summed E-state index contributed by atoms with van der Waals surface area (Å²) < 4.78 is 5.68. The van der Waals surface area contributed by atoms with Crippen LogP contribution < -0.4 is 0 Å². The number of benzene rings is 1. The Labute approximate surface area is 150 Å². The van der Waals surface area contributed by atoms with Crippen molar-refractivity contribution in [2.24, 2.45) is 0 Å². The van der Waals surface area contributed by atoms with Crippen molar-refractivity contribution in [1.82, 2.24) is 9.88 Å². The molecule has 6 heteroatoms. The number of fused-ring (bicyclic) bond motifs is 1. The third-order valence-electron chi connectivity index (χ3n) is 4.41. The van der Waals surface area contributed by atoms with Crippen LogP contribution in [0.5, 0.6) is 0 Å². The molecule has 1 aromatic heterocycles. The van der Waals surface area contributed by atoms with Gasteiger partial charge < -0.3 is 9.32 Å². The van der Waals surface area contributed by atoms with E-state index in [-0.39, 0.29) is 5.91 Å². The first-order chi connectivity index (χ1) is 11.7. The van der Waals surface area contributed by atoms with Gasteiger partial charge in [0.2, 0.25) is 5.91 Å². The minimum Gasteiger partial charge on any atom is -0.431 e. The summed E-state index contributed by atoms with van der Waals surface area (Å²) >= 11 is 7.32. The summed E-state index contributed by atoms with van der Waals surface area (Å²) in [6.45, 7) is 0. The molecule has 4 nitrogen and oxygen atoms in total. The Balaban J connectivity index is 1.45. The lowest BCUT2D eigenvalue weighted by molar-refractivity contribution is -0.127. The van der Waals surface area contributed by atoms with Crippen molar-refractivity contribution in [2.45, 2.75) is 49.8 Å². The van der Waals surface area contributed by atoms with E-state index in [1.54, 1.807) is 12.1 Å². The standard InChI is InChI=1S/C18H19ClN2O2S/c19-12-6-9-15-16(10-12)23-18(20-15)24-11-17(22)21(14-7-8-14)13-4-2-1-3-5-13/h4,6,9-10,14H,1-3,5,7-8,11H2. The lowest BCUT2D eigenvalue weighted by Crippen LogP contribution is -2.34. The number of carbonyl (C=O) groups is 1. The van der Waals surface area contributed by atoms with Gasteiger partial charge in [0.25, 0.3) is 5.22 Å². The molecule has 1 aromatic carbocycles. The molecule has 0 spiro atoms. The third kappa shape index (κ3) is 3.47. The van der Waals surface area contributed by atoms with Crippen LogP contribution in [0.2, 0.25) is 5.02 Å². The van der Waals surface area contributed by atoms with E-state index in [0.29, 0.717) is 27.6 Å². The lowest BCUT2D eigenvalue weighted by Gasteiger charge is -2.27. The van der Waals surface area contributed by atoms with Gasteiger partial charge >= 0.3 is 0 Å². The maximum Gasteiger partial charge on any atom is 0.257 e. The topological polar surface area (TPSA) is 46.3 Å². The van der Waals surface area contributed by atoms with Gasteiger partial charge in [0, 0.05) is 22.8 Å². The zero-order valence-corrected chi connectivity index (χ0v) is 14.9. The van der Waals surface area contributed by atoms with E-state index < -0.39 is 0 Å². The van der Waals surface area contributed by atoms with Gasteiger partial charge in [-0.3, -0.25) is 4.79 Å². The van der Waals surface area contributed by atoms with E-state index in [1.807, 2.05) is 11.0 Å². The number of amides is 1. The van der Waals surface area contributed by atoms with Gasteiger partial charge in [-0.05, 0) is 50.7 Å². The molecular weight excluding hydrogens is 344 g/mol. The van der Waals surface area contributed by atoms with E-state index in [0.717, 1.165) is 31.2 Å². The third-order valence-corrected chi connectivity index (χ3v) is 5.46. The van der Waals surface area contributed by atoms with E-state index >= 15 is 0 Å². The van der Waals surface area contributed by atoms with Crippen LogP contribution >= 0.6 is 23.4 Å². The molecule has 0 saturated heterocycles. The monoisotopic (exact) mass is 362 g/mol. The molecule has 2 aliphatic rings.